The van der Waals surface area contributed by atoms with Crippen molar-refractivity contribution in [1.29, 1.82) is 0 Å². The summed E-state index contributed by atoms with van der Waals surface area (Å²) in [4.78, 5) is 9.82. The molecule has 0 aliphatic rings. The molecule has 0 unspecified atom stereocenters. The third-order valence-corrected chi connectivity index (χ3v) is 11.1. The smallest absolute Gasteiger partial charge is 0.302 e. The van der Waals surface area contributed by atoms with Gasteiger partial charge >= 0.3 is 5.97 Å². The van der Waals surface area contributed by atoms with Crippen LogP contribution in [0.5, 0.6) is 0 Å². The molecule has 2 aromatic carbocycles. The van der Waals surface area contributed by atoms with Gasteiger partial charge in [0.1, 0.15) is 0 Å². The summed E-state index contributed by atoms with van der Waals surface area (Å²) in [5.74, 6) is -0.211. The predicted octanol–water partition coefficient (Wildman–Crippen LogP) is 4.35. The number of halogens is 1. The number of rotatable bonds is 3. The fourth-order valence-electron chi connectivity index (χ4n) is 2.57. The van der Waals surface area contributed by atoms with Crippen molar-refractivity contribution in [3.63, 3.8) is 0 Å². The fourth-order valence-corrected chi connectivity index (χ4v) is 6.70. The fraction of sp³-hybridized carbons (Fsp3) is 0.350. The van der Waals surface area contributed by atoms with Crippen LogP contribution in [0.1, 0.15) is 34.6 Å². The van der Waals surface area contributed by atoms with Crippen molar-refractivity contribution in [2.45, 2.75) is 39.7 Å². The molecule has 0 radical (unpaired) electrons. The number of carbonyl (C=O) groups excluding carboxylic acids is 1. The molecule has 24 heavy (non-hydrogen) atoms. The molecule has 0 bridgehead atoms. The molecule has 2 aromatic rings. The number of esters is 1. The molecular formula is C20H27ClO2Si. The topological polar surface area (TPSA) is 26.3 Å². The second-order valence-corrected chi connectivity index (χ2v) is 12.2. The lowest BCUT2D eigenvalue weighted by Gasteiger charge is -2.38. The molecule has 4 heteroatoms. The Bertz CT molecular complexity index is 582. The van der Waals surface area contributed by atoms with Crippen molar-refractivity contribution in [2.24, 2.45) is 0 Å². The summed E-state index contributed by atoms with van der Waals surface area (Å²) in [6, 6.07) is 21.1. The van der Waals surface area contributed by atoms with E-state index in [0.717, 1.165) is 0 Å². The highest BCUT2D eigenvalue weighted by atomic mass is 35.6. The van der Waals surface area contributed by atoms with Gasteiger partial charge in [-0.3, -0.25) is 4.79 Å². The van der Waals surface area contributed by atoms with Gasteiger partial charge in [0.2, 0.25) is 7.38 Å². The molecule has 0 N–H and O–H groups in total. The molecule has 0 aromatic heterocycles. The molecule has 0 saturated heterocycles. The molecule has 0 fully saturated rings. The Morgan fingerprint density at radius 2 is 1.33 bits per heavy atom. The SMILES string of the molecule is CC(C)(C)[Si](Cl)(c1ccccc1)c1ccccc1.CCOC(C)=O. The standard InChI is InChI=1S/C16H19ClSi.C4H8O2/c1-16(2,3)18(17,14-10-6-4-7-11-14)15-12-8-5-9-13-15;1-3-6-4(2)5/h4-13H,1-3H3;3H2,1-2H3. The highest BCUT2D eigenvalue weighted by Crippen LogP contribution is 2.38. The van der Waals surface area contributed by atoms with E-state index in [2.05, 4.69) is 74.0 Å². The molecule has 0 heterocycles. The van der Waals surface area contributed by atoms with Crippen LogP contribution in [-0.4, -0.2) is 20.0 Å². The average Bonchev–Trinajstić information content (AvgIpc) is 2.55. The van der Waals surface area contributed by atoms with E-state index in [1.807, 2.05) is 12.1 Å². The van der Waals surface area contributed by atoms with Crippen LogP contribution >= 0.6 is 11.1 Å². The summed E-state index contributed by atoms with van der Waals surface area (Å²) >= 11 is 7.21. The highest BCUT2D eigenvalue weighted by Gasteiger charge is 2.46. The number of carbonyl (C=O) groups is 1. The van der Waals surface area contributed by atoms with Gasteiger partial charge in [-0.2, -0.15) is 11.1 Å². The molecule has 0 spiro atoms. The van der Waals surface area contributed by atoms with Crippen LogP contribution < -0.4 is 10.4 Å². The molecule has 0 atom stereocenters. The van der Waals surface area contributed by atoms with Gasteiger partial charge in [0, 0.05) is 6.92 Å². The molecule has 2 rings (SSSR count). The summed E-state index contributed by atoms with van der Waals surface area (Å²) in [5, 5.41) is 2.63. The first-order valence-electron chi connectivity index (χ1n) is 8.16. The number of hydrogen-bond acceptors (Lipinski definition) is 2. The molecule has 0 aliphatic carbocycles. The van der Waals surface area contributed by atoms with Gasteiger partial charge in [0.05, 0.1) is 6.61 Å². The van der Waals surface area contributed by atoms with Crippen LogP contribution in [0.15, 0.2) is 60.7 Å². The lowest BCUT2D eigenvalue weighted by atomic mass is 10.2. The van der Waals surface area contributed by atoms with Crippen LogP contribution in [0.4, 0.5) is 0 Å². The van der Waals surface area contributed by atoms with E-state index in [1.54, 1.807) is 6.92 Å². The summed E-state index contributed by atoms with van der Waals surface area (Å²) in [6.45, 7) is 10.4. The monoisotopic (exact) mass is 362 g/mol. The van der Waals surface area contributed by atoms with E-state index in [-0.39, 0.29) is 11.0 Å². The van der Waals surface area contributed by atoms with Gasteiger partial charge in [-0.05, 0) is 22.3 Å². The number of hydrogen-bond donors (Lipinski definition) is 0. The van der Waals surface area contributed by atoms with Crippen LogP contribution in [0.2, 0.25) is 5.04 Å². The molecule has 0 aliphatic heterocycles. The second-order valence-electron chi connectivity index (χ2n) is 6.57. The Labute approximate surface area is 151 Å². The zero-order chi connectivity index (χ0) is 18.2. The van der Waals surface area contributed by atoms with Crippen molar-refractivity contribution in [3.05, 3.63) is 60.7 Å². The maximum absolute atomic E-state index is 9.82. The van der Waals surface area contributed by atoms with Crippen molar-refractivity contribution in [1.82, 2.24) is 0 Å². The minimum absolute atomic E-state index is 0.0667. The number of benzene rings is 2. The summed E-state index contributed by atoms with van der Waals surface area (Å²) in [6.07, 6.45) is 0. The third kappa shape index (κ3) is 5.22. The molecule has 0 amide bonds. The zero-order valence-corrected chi connectivity index (χ0v) is 16.9. The quantitative estimate of drug-likeness (QED) is 0.461. The van der Waals surface area contributed by atoms with Crippen LogP contribution in [-0.2, 0) is 9.53 Å². The van der Waals surface area contributed by atoms with Crippen LogP contribution in [0.3, 0.4) is 0 Å². The highest BCUT2D eigenvalue weighted by molar-refractivity contribution is 7.35. The minimum atomic E-state index is -2.23. The molecule has 2 nitrogen and oxygen atoms in total. The van der Waals surface area contributed by atoms with Crippen LogP contribution in [0.25, 0.3) is 0 Å². The maximum atomic E-state index is 9.82. The minimum Gasteiger partial charge on any atom is -0.466 e. The first-order chi connectivity index (χ1) is 11.2. The lowest BCUT2D eigenvalue weighted by Crippen LogP contribution is -2.59. The van der Waals surface area contributed by atoms with E-state index in [9.17, 15) is 4.79 Å². The lowest BCUT2D eigenvalue weighted by molar-refractivity contribution is -0.140. The van der Waals surface area contributed by atoms with Gasteiger partial charge in [0.25, 0.3) is 0 Å². The Morgan fingerprint density at radius 3 is 1.54 bits per heavy atom. The summed E-state index contributed by atoms with van der Waals surface area (Å²) < 4.78 is 4.40. The van der Waals surface area contributed by atoms with Gasteiger partial charge in [-0.15, -0.1) is 0 Å². The Hall–Kier alpha value is -1.58. The largest absolute Gasteiger partial charge is 0.466 e. The Kier molecular flexibility index (Phi) is 7.71. The van der Waals surface area contributed by atoms with Gasteiger partial charge < -0.3 is 4.74 Å². The van der Waals surface area contributed by atoms with Gasteiger partial charge in [0.15, 0.2) is 0 Å². The van der Waals surface area contributed by atoms with E-state index < -0.39 is 7.38 Å². The third-order valence-electron chi connectivity index (χ3n) is 3.72. The maximum Gasteiger partial charge on any atom is 0.302 e. The van der Waals surface area contributed by atoms with Gasteiger partial charge in [-0.1, -0.05) is 81.4 Å². The van der Waals surface area contributed by atoms with Crippen molar-refractivity contribution >= 4 is 34.8 Å². The Balaban J connectivity index is 0.000000413. The average molecular weight is 363 g/mol. The normalized spacial score (nSPS) is 11.2. The van der Waals surface area contributed by atoms with Gasteiger partial charge in [-0.25, -0.2) is 0 Å². The first-order valence-corrected chi connectivity index (χ1v) is 11.2. The van der Waals surface area contributed by atoms with Crippen molar-refractivity contribution in [2.75, 3.05) is 6.61 Å². The molecular weight excluding hydrogens is 336 g/mol. The van der Waals surface area contributed by atoms with Crippen molar-refractivity contribution < 1.29 is 9.53 Å². The summed E-state index contributed by atoms with van der Waals surface area (Å²) in [5.41, 5.74) is 0. The van der Waals surface area contributed by atoms with Crippen molar-refractivity contribution in [3.8, 4) is 0 Å². The van der Waals surface area contributed by atoms with Crippen LogP contribution in [0, 0.1) is 0 Å². The zero-order valence-electron chi connectivity index (χ0n) is 15.2. The Morgan fingerprint density at radius 1 is 0.958 bits per heavy atom. The van der Waals surface area contributed by atoms with E-state index in [4.69, 9.17) is 11.1 Å². The van der Waals surface area contributed by atoms with E-state index in [0.29, 0.717) is 6.61 Å². The van der Waals surface area contributed by atoms with E-state index >= 15 is 0 Å². The predicted molar refractivity (Wildman–Crippen MR) is 106 cm³/mol. The molecule has 130 valence electrons. The number of ether oxygens (including phenoxy) is 1. The first kappa shape index (κ1) is 20.5. The summed E-state index contributed by atoms with van der Waals surface area (Å²) in [7, 11) is -2.23. The van der Waals surface area contributed by atoms with E-state index in [1.165, 1.54) is 17.3 Å². The molecule has 0 saturated carbocycles. The second kappa shape index (κ2) is 9.05.